The lowest BCUT2D eigenvalue weighted by Gasteiger charge is -2.22. The molecule has 0 heterocycles. The Morgan fingerprint density at radius 2 is 0.864 bits per heavy atom. The number of carbonyl (C=O) groups is 2. The zero-order valence-corrected chi connectivity index (χ0v) is 39.5. The molecule has 0 radical (unpaired) electrons. The second-order valence-electron chi connectivity index (χ2n) is 17.9. The van der Waals surface area contributed by atoms with Crippen molar-refractivity contribution >= 4 is 11.9 Å². The van der Waals surface area contributed by atoms with Crippen LogP contribution in [0.5, 0.6) is 0 Å². The Morgan fingerprint density at radius 3 is 1.34 bits per heavy atom. The first-order chi connectivity index (χ1) is 29.0. The zero-order valence-electron chi connectivity index (χ0n) is 39.5. The third kappa shape index (κ3) is 45.7. The Bertz CT molecular complexity index is 920. The second kappa shape index (κ2) is 49.0. The summed E-state index contributed by atoms with van der Waals surface area (Å²) >= 11 is 0. The quantitative estimate of drug-likeness (QED) is 0.0322. The average Bonchev–Trinajstić information content (AvgIpc) is 3.24. The summed E-state index contributed by atoms with van der Waals surface area (Å²) in [4.78, 5) is 24.4. The van der Waals surface area contributed by atoms with Gasteiger partial charge in [0.2, 0.25) is 5.91 Å². The molecule has 0 aliphatic heterocycles. The van der Waals surface area contributed by atoms with Crippen molar-refractivity contribution in [2.75, 3.05) is 13.2 Å². The first kappa shape index (κ1) is 57.3. The molecule has 0 rings (SSSR count). The summed E-state index contributed by atoms with van der Waals surface area (Å²) in [6, 6.07) is -0.547. The molecule has 0 saturated carbocycles. The minimum Gasteiger partial charge on any atom is -0.466 e. The van der Waals surface area contributed by atoms with Crippen molar-refractivity contribution in [2.45, 2.75) is 289 Å². The van der Waals surface area contributed by atoms with E-state index in [0.717, 1.165) is 57.8 Å². The fourth-order valence-electron chi connectivity index (χ4n) is 7.95. The van der Waals surface area contributed by atoms with E-state index in [1.807, 2.05) is 0 Å². The minimum atomic E-state index is -0.669. The lowest BCUT2D eigenvalue weighted by molar-refractivity contribution is -0.143. The Morgan fingerprint density at radius 1 is 0.475 bits per heavy atom. The van der Waals surface area contributed by atoms with E-state index in [4.69, 9.17) is 4.74 Å². The summed E-state index contributed by atoms with van der Waals surface area (Å²) < 4.78 is 5.45. The van der Waals surface area contributed by atoms with Gasteiger partial charge in [-0.15, -0.1) is 0 Å². The van der Waals surface area contributed by atoms with Crippen LogP contribution < -0.4 is 5.32 Å². The first-order valence-electron chi connectivity index (χ1n) is 26.1. The number of esters is 1. The van der Waals surface area contributed by atoms with E-state index in [1.165, 1.54) is 186 Å². The molecule has 0 aromatic rings. The van der Waals surface area contributed by atoms with E-state index < -0.39 is 12.1 Å². The van der Waals surface area contributed by atoms with Gasteiger partial charge < -0.3 is 20.3 Å². The first-order valence-corrected chi connectivity index (χ1v) is 26.1. The van der Waals surface area contributed by atoms with Crippen LogP contribution in [-0.2, 0) is 14.3 Å². The number of rotatable bonds is 48. The second-order valence-corrected chi connectivity index (χ2v) is 17.9. The molecule has 6 heteroatoms. The predicted molar refractivity (Wildman–Crippen MR) is 255 cm³/mol. The van der Waals surface area contributed by atoms with Gasteiger partial charge in [0, 0.05) is 12.8 Å². The SMILES string of the molecule is CCCC/C=C\C/C=C\CCCCCCCC(=O)OCCCCCCCCCCCCCCCCCC(=O)NC(CO)C(O)CCCCCCCCCCCCCCC. The summed E-state index contributed by atoms with van der Waals surface area (Å²) in [6.45, 7) is 4.89. The molecule has 0 aliphatic rings. The van der Waals surface area contributed by atoms with Gasteiger partial charge in [-0.05, 0) is 51.4 Å². The summed E-state index contributed by atoms with van der Waals surface area (Å²) in [5, 5.41) is 23.2. The summed E-state index contributed by atoms with van der Waals surface area (Å²) in [7, 11) is 0. The van der Waals surface area contributed by atoms with Crippen LogP contribution in [0, 0.1) is 0 Å². The van der Waals surface area contributed by atoms with E-state index in [2.05, 4.69) is 43.5 Å². The highest BCUT2D eigenvalue weighted by atomic mass is 16.5. The number of unbranched alkanes of at least 4 members (excludes halogenated alkanes) is 33. The van der Waals surface area contributed by atoms with Crippen LogP contribution in [0.4, 0.5) is 0 Å². The highest BCUT2D eigenvalue weighted by molar-refractivity contribution is 5.76. The van der Waals surface area contributed by atoms with Crippen molar-refractivity contribution in [3.8, 4) is 0 Å². The van der Waals surface area contributed by atoms with E-state index >= 15 is 0 Å². The Labute approximate surface area is 367 Å². The number of allylic oxidation sites excluding steroid dienone is 4. The molecule has 0 aromatic carbocycles. The molecule has 2 unspecified atom stereocenters. The molecular weight excluding hydrogens is 731 g/mol. The topological polar surface area (TPSA) is 95.9 Å². The van der Waals surface area contributed by atoms with Gasteiger partial charge >= 0.3 is 5.97 Å². The highest BCUT2D eigenvalue weighted by Crippen LogP contribution is 2.16. The number of amides is 1. The number of aliphatic hydroxyl groups is 2. The van der Waals surface area contributed by atoms with Gasteiger partial charge in [0.05, 0.1) is 25.4 Å². The molecule has 0 fully saturated rings. The number of carbonyl (C=O) groups excluding carboxylic acids is 2. The van der Waals surface area contributed by atoms with E-state index in [1.54, 1.807) is 0 Å². The van der Waals surface area contributed by atoms with Crippen LogP contribution in [0.15, 0.2) is 24.3 Å². The predicted octanol–water partition coefficient (Wildman–Crippen LogP) is 15.5. The van der Waals surface area contributed by atoms with Crippen LogP contribution in [0.25, 0.3) is 0 Å². The number of hydrogen-bond acceptors (Lipinski definition) is 5. The van der Waals surface area contributed by atoms with Crippen molar-refractivity contribution in [3.63, 3.8) is 0 Å². The van der Waals surface area contributed by atoms with Crippen molar-refractivity contribution in [1.82, 2.24) is 5.32 Å². The largest absolute Gasteiger partial charge is 0.466 e. The molecule has 6 nitrogen and oxygen atoms in total. The van der Waals surface area contributed by atoms with E-state index in [9.17, 15) is 19.8 Å². The van der Waals surface area contributed by atoms with Crippen molar-refractivity contribution in [3.05, 3.63) is 24.3 Å². The standard InChI is InChI=1S/C53H101NO5/c1-3-5-7-9-11-13-15-17-23-27-31-35-39-43-47-53(58)59-48-44-40-36-32-28-24-20-18-19-22-26-30-34-38-42-46-52(57)54-50(49-55)51(56)45-41-37-33-29-25-21-16-14-12-10-8-6-4-2/h9,11,15,17,50-51,55-56H,3-8,10,12-14,16,18-49H2,1-2H3,(H,54,57)/b11-9-,17-15-. The molecule has 0 spiro atoms. The van der Waals surface area contributed by atoms with Crippen molar-refractivity contribution < 1.29 is 24.5 Å². The van der Waals surface area contributed by atoms with Crippen molar-refractivity contribution in [1.29, 1.82) is 0 Å². The normalized spacial score (nSPS) is 12.8. The number of nitrogens with one attached hydrogen (secondary N) is 1. The van der Waals surface area contributed by atoms with Crippen LogP contribution in [0.3, 0.4) is 0 Å². The summed E-state index contributed by atoms with van der Waals surface area (Å²) in [5.41, 5.74) is 0. The Balaban J connectivity index is 3.44. The molecule has 0 bridgehead atoms. The van der Waals surface area contributed by atoms with E-state index in [0.29, 0.717) is 25.9 Å². The summed E-state index contributed by atoms with van der Waals surface area (Å²) in [5.74, 6) is -0.0582. The number of ether oxygens (including phenoxy) is 1. The van der Waals surface area contributed by atoms with Gasteiger partial charge in [-0.25, -0.2) is 0 Å². The van der Waals surface area contributed by atoms with Gasteiger partial charge in [-0.3, -0.25) is 9.59 Å². The van der Waals surface area contributed by atoms with Gasteiger partial charge in [0.25, 0.3) is 0 Å². The van der Waals surface area contributed by atoms with Gasteiger partial charge in [0.15, 0.2) is 0 Å². The maximum atomic E-state index is 12.4. The average molecular weight is 832 g/mol. The maximum Gasteiger partial charge on any atom is 0.305 e. The molecule has 3 N–H and O–H groups in total. The van der Waals surface area contributed by atoms with Gasteiger partial charge in [-0.1, -0.05) is 237 Å². The van der Waals surface area contributed by atoms with Crippen LogP contribution in [0.1, 0.15) is 277 Å². The highest BCUT2D eigenvalue weighted by Gasteiger charge is 2.20. The fraction of sp³-hybridized carbons (Fsp3) is 0.887. The molecule has 59 heavy (non-hydrogen) atoms. The monoisotopic (exact) mass is 832 g/mol. The molecule has 0 saturated heterocycles. The Hall–Kier alpha value is -1.66. The van der Waals surface area contributed by atoms with Crippen LogP contribution in [0.2, 0.25) is 0 Å². The molecule has 0 aromatic heterocycles. The van der Waals surface area contributed by atoms with Crippen molar-refractivity contribution in [2.24, 2.45) is 0 Å². The van der Waals surface area contributed by atoms with E-state index in [-0.39, 0.29) is 18.5 Å². The molecule has 348 valence electrons. The lowest BCUT2D eigenvalue weighted by Crippen LogP contribution is -2.45. The third-order valence-electron chi connectivity index (χ3n) is 12.0. The van der Waals surface area contributed by atoms with Crippen LogP contribution in [-0.4, -0.2) is 47.4 Å². The van der Waals surface area contributed by atoms with Gasteiger partial charge in [0.1, 0.15) is 0 Å². The maximum absolute atomic E-state index is 12.4. The Kier molecular flexibility index (Phi) is 47.6. The summed E-state index contributed by atoms with van der Waals surface area (Å²) in [6.07, 6.45) is 57.1. The smallest absolute Gasteiger partial charge is 0.305 e. The molecular formula is C53H101NO5. The number of aliphatic hydroxyl groups excluding tert-OH is 2. The lowest BCUT2D eigenvalue weighted by atomic mass is 10.0. The number of hydrogen-bond donors (Lipinski definition) is 3. The van der Waals surface area contributed by atoms with Crippen LogP contribution >= 0.6 is 0 Å². The molecule has 0 aliphatic carbocycles. The molecule has 2 atom stereocenters. The fourth-order valence-corrected chi connectivity index (χ4v) is 7.95. The minimum absolute atomic E-state index is 0.0141. The molecule has 1 amide bonds. The van der Waals surface area contributed by atoms with Gasteiger partial charge in [-0.2, -0.15) is 0 Å². The third-order valence-corrected chi connectivity index (χ3v) is 12.0. The zero-order chi connectivity index (χ0) is 43.0.